The normalized spacial score (nSPS) is 17.8. The van der Waals surface area contributed by atoms with Crippen LogP contribution in [0, 0.1) is 5.92 Å². The molecule has 0 N–H and O–H groups in total. The van der Waals surface area contributed by atoms with Gasteiger partial charge in [-0.2, -0.15) is 0 Å². The molecule has 4 nitrogen and oxygen atoms in total. The average molecular weight is 289 g/mol. The number of carbonyl (C=O) groups excluding carboxylic acids is 1. The van der Waals surface area contributed by atoms with Crippen LogP contribution in [0.1, 0.15) is 44.1 Å². The van der Waals surface area contributed by atoms with Crippen molar-refractivity contribution in [3.63, 3.8) is 0 Å². The Hall–Kier alpha value is -1.71. The molecule has 114 valence electrons. The SMILES string of the molecule is CN(Cc1ccc2c(c1)OCO2)C(=O)CC1CCCCC1. The summed E-state index contributed by atoms with van der Waals surface area (Å²) in [5.41, 5.74) is 1.08. The number of fused-ring (bicyclic) bond motifs is 1. The molecule has 1 aromatic rings. The number of ether oxygens (including phenoxy) is 2. The lowest BCUT2D eigenvalue weighted by atomic mass is 9.86. The van der Waals surface area contributed by atoms with Gasteiger partial charge in [0.15, 0.2) is 11.5 Å². The van der Waals surface area contributed by atoms with Crippen molar-refractivity contribution in [3.8, 4) is 11.5 Å². The molecule has 0 spiro atoms. The highest BCUT2D eigenvalue weighted by atomic mass is 16.7. The molecule has 1 aliphatic heterocycles. The standard InChI is InChI=1S/C17H23NO3/c1-18(17(19)10-13-5-3-2-4-6-13)11-14-7-8-15-16(9-14)21-12-20-15/h7-9,13H,2-6,10-12H2,1H3. The molecule has 1 fully saturated rings. The van der Waals surface area contributed by atoms with Gasteiger partial charge < -0.3 is 14.4 Å². The van der Waals surface area contributed by atoms with Crippen LogP contribution in [0.15, 0.2) is 18.2 Å². The van der Waals surface area contributed by atoms with E-state index in [0.717, 1.165) is 17.1 Å². The first kappa shape index (κ1) is 14.2. The molecule has 21 heavy (non-hydrogen) atoms. The molecule has 0 unspecified atom stereocenters. The van der Waals surface area contributed by atoms with E-state index in [1.165, 1.54) is 32.1 Å². The van der Waals surface area contributed by atoms with Crippen LogP contribution in [0.2, 0.25) is 0 Å². The Morgan fingerprint density at radius 3 is 2.76 bits per heavy atom. The zero-order valence-corrected chi connectivity index (χ0v) is 12.6. The summed E-state index contributed by atoms with van der Waals surface area (Å²) in [5, 5.41) is 0. The first-order valence-corrected chi connectivity index (χ1v) is 7.85. The first-order chi connectivity index (χ1) is 10.2. The van der Waals surface area contributed by atoms with Gasteiger partial charge in [0.25, 0.3) is 0 Å². The highest BCUT2D eigenvalue weighted by Crippen LogP contribution is 2.33. The van der Waals surface area contributed by atoms with E-state index in [9.17, 15) is 4.79 Å². The fourth-order valence-corrected chi connectivity index (χ4v) is 3.20. The predicted molar refractivity (Wildman–Crippen MR) is 80.2 cm³/mol. The monoisotopic (exact) mass is 289 g/mol. The molecular weight excluding hydrogens is 266 g/mol. The highest BCUT2D eigenvalue weighted by molar-refractivity contribution is 5.76. The Morgan fingerprint density at radius 1 is 1.19 bits per heavy atom. The Bertz CT molecular complexity index is 509. The Morgan fingerprint density at radius 2 is 1.95 bits per heavy atom. The van der Waals surface area contributed by atoms with Gasteiger partial charge in [-0.3, -0.25) is 4.79 Å². The third-order valence-corrected chi connectivity index (χ3v) is 4.47. The smallest absolute Gasteiger partial charge is 0.231 e. The van der Waals surface area contributed by atoms with Crippen LogP contribution in [-0.2, 0) is 11.3 Å². The Labute approximate surface area is 126 Å². The summed E-state index contributed by atoms with van der Waals surface area (Å²) in [6.07, 6.45) is 7.01. The molecule has 0 bridgehead atoms. The second-order valence-electron chi connectivity index (χ2n) is 6.15. The van der Waals surface area contributed by atoms with Crippen LogP contribution >= 0.6 is 0 Å². The van der Waals surface area contributed by atoms with Gasteiger partial charge in [-0.1, -0.05) is 25.3 Å². The molecule has 0 radical (unpaired) electrons. The first-order valence-electron chi connectivity index (χ1n) is 7.85. The van der Waals surface area contributed by atoms with E-state index in [4.69, 9.17) is 9.47 Å². The van der Waals surface area contributed by atoms with Gasteiger partial charge in [0.1, 0.15) is 0 Å². The summed E-state index contributed by atoms with van der Waals surface area (Å²) in [7, 11) is 1.88. The van der Waals surface area contributed by atoms with Gasteiger partial charge in [-0.05, 0) is 36.5 Å². The summed E-state index contributed by atoms with van der Waals surface area (Å²) in [6, 6.07) is 5.88. The zero-order valence-electron chi connectivity index (χ0n) is 12.6. The van der Waals surface area contributed by atoms with Gasteiger partial charge in [-0.25, -0.2) is 0 Å². The lowest BCUT2D eigenvalue weighted by Gasteiger charge is -2.24. The van der Waals surface area contributed by atoms with E-state index in [1.54, 1.807) is 0 Å². The van der Waals surface area contributed by atoms with Gasteiger partial charge >= 0.3 is 0 Å². The van der Waals surface area contributed by atoms with Crippen LogP contribution in [0.5, 0.6) is 11.5 Å². The van der Waals surface area contributed by atoms with Crippen LogP contribution < -0.4 is 9.47 Å². The number of carbonyl (C=O) groups is 1. The fourth-order valence-electron chi connectivity index (χ4n) is 3.20. The number of benzene rings is 1. The third-order valence-electron chi connectivity index (χ3n) is 4.47. The minimum Gasteiger partial charge on any atom is -0.454 e. The molecule has 1 aromatic carbocycles. The van der Waals surface area contributed by atoms with Crippen molar-refractivity contribution in [2.24, 2.45) is 5.92 Å². The van der Waals surface area contributed by atoms with Gasteiger partial charge in [0.05, 0.1) is 0 Å². The molecule has 4 heteroatoms. The van der Waals surface area contributed by atoms with Crippen molar-refractivity contribution in [2.75, 3.05) is 13.8 Å². The zero-order chi connectivity index (χ0) is 14.7. The van der Waals surface area contributed by atoms with Crippen molar-refractivity contribution < 1.29 is 14.3 Å². The van der Waals surface area contributed by atoms with Gasteiger partial charge in [0, 0.05) is 20.0 Å². The van der Waals surface area contributed by atoms with Crippen LogP contribution in [-0.4, -0.2) is 24.6 Å². The van der Waals surface area contributed by atoms with Crippen molar-refractivity contribution in [3.05, 3.63) is 23.8 Å². The summed E-state index contributed by atoms with van der Waals surface area (Å²) < 4.78 is 10.7. The number of rotatable bonds is 4. The number of amides is 1. The molecule has 1 aliphatic carbocycles. The molecule has 0 aromatic heterocycles. The molecule has 0 atom stereocenters. The quantitative estimate of drug-likeness (QED) is 0.853. The Balaban J connectivity index is 1.55. The van der Waals surface area contributed by atoms with Crippen LogP contribution in [0.25, 0.3) is 0 Å². The van der Waals surface area contributed by atoms with Gasteiger partial charge in [-0.15, -0.1) is 0 Å². The summed E-state index contributed by atoms with van der Waals surface area (Å²) in [5.74, 6) is 2.40. The fraction of sp³-hybridized carbons (Fsp3) is 0.588. The maximum Gasteiger partial charge on any atom is 0.231 e. The molecule has 0 saturated heterocycles. The summed E-state index contributed by atoms with van der Waals surface area (Å²) >= 11 is 0. The van der Waals surface area contributed by atoms with E-state index in [-0.39, 0.29) is 12.7 Å². The Kier molecular flexibility index (Phi) is 4.32. The predicted octanol–water partition coefficient (Wildman–Crippen LogP) is 3.34. The lowest BCUT2D eigenvalue weighted by molar-refractivity contribution is -0.131. The van der Waals surface area contributed by atoms with E-state index in [0.29, 0.717) is 18.9 Å². The van der Waals surface area contributed by atoms with E-state index in [2.05, 4.69) is 0 Å². The number of hydrogen-bond donors (Lipinski definition) is 0. The summed E-state index contributed by atoms with van der Waals surface area (Å²) in [6.45, 7) is 0.914. The minimum absolute atomic E-state index is 0.250. The van der Waals surface area contributed by atoms with Crippen molar-refractivity contribution >= 4 is 5.91 Å². The number of nitrogens with zero attached hydrogens (tertiary/aromatic N) is 1. The maximum atomic E-state index is 12.3. The van der Waals surface area contributed by atoms with Crippen molar-refractivity contribution in [1.82, 2.24) is 4.90 Å². The summed E-state index contributed by atoms with van der Waals surface area (Å²) in [4.78, 5) is 14.1. The second-order valence-corrected chi connectivity index (χ2v) is 6.15. The number of hydrogen-bond acceptors (Lipinski definition) is 3. The van der Waals surface area contributed by atoms with Crippen LogP contribution in [0.3, 0.4) is 0 Å². The third kappa shape index (κ3) is 3.49. The highest BCUT2D eigenvalue weighted by Gasteiger charge is 2.20. The molecule has 1 saturated carbocycles. The molecule has 2 aliphatic rings. The second kappa shape index (κ2) is 6.37. The van der Waals surface area contributed by atoms with Gasteiger partial charge in [0.2, 0.25) is 12.7 Å². The van der Waals surface area contributed by atoms with E-state index in [1.807, 2.05) is 30.1 Å². The largest absolute Gasteiger partial charge is 0.454 e. The molecule has 1 heterocycles. The topological polar surface area (TPSA) is 38.8 Å². The molecular formula is C17H23NO3. The lowest BCUT2D eigenvalue weighted by Crippen LogP contribution is -2.28. The molecule has 3 rings (SSSR count). The minimum atomic E-state index is 0.250. The van der Waals surface area contributed by atoms with Crippen molar-refractivity contribution in [1.29, 1.82) is 0 Å². The average Bonchev–Trinajstić information content (AvgIpc) is 2.95. The maximum absolute atomic E-state index is 12.3. The van der Waals surface area contributed by atoms with E-state index < -0.39 is 0 Å². The molecule has 1 amide bonds. The van der Waals surface area contributed by atoms with Crippen molar-refractivity contribution in [2.45, 2.75) is 45.1 Å². The van der Waals surface area contributed by atoms with E-state index >= 15 is 0 Å². The van der Waals surface area contributed by atoms with Crippen LogP contribution in [0.4, 0.5) is 0 Å².